The number of hydrogen-bond acceptors (Lipinski definition) is 3. The van der Waals surface area contributed by atoms with E-state index in [0.29, 0.717) is 18.7 Å². The van der Waals surface area contributed by atoms with Crippen molar-refractivity contribution in [3.05, 3.63) is 11.9 Å². The van der Waals surface area contributed by atoms with E-state index < -0.39 is 0 Å². The zero-order valence-corrected chi connectivity index (χ0v) is 10.6. The van der Waals surface area contributed by atoms with Crippen LogP contribution in [0.15, 0.2) is 6.20 Å². The number of imidazole rings is 1. The van der Waals surface area contributed by atoms with E-state index in [1.54, 1.807) is 6.20 Å². The molecule has 4 saturated carbocycles. The summed E-state index contributed by atoms with van der Waals surface area (Å²) in [6, 6.07) is 0.674. The molecule has 0 spiro atoms. The van der Waals surface area contributed by atoms with Crippen LogP contribution in [0.1, 0.15) is 37.8 Å². The number of H-pyrrole nitrogens is 1. The summed E-state index contributed by atoms with van der Waals surface area (Å²) >= 11 is 0. The van der Waals surface area contributed by atoms with Crippen molar-refractivity contribution in [2.24, 2.45) is 29.4 Å². The van der Waals surface area contributed by atoms with Gasteiger partial charge in [-0.3, -0.25) is 0 Å². The molecule has 1 heterocycles. The van der Waals surface area contributed by atoms with Crippen LogP contribution in [0, 0.1) is 23.7 Å². The molecule has 3 N–H and O–H groups in total. The van der Waals surface area contributed by atoms with Gasteiger partial charge in [-0.1, -0.05) is 0 Å². The fourth-order valence-electron chi connectivity index (χ4n) is 4.70. The number of rotatable bonds is 3. The Morgan fingerprint density at radius 1 is 1.17 bits per heavy atom. The maximum Gasteiger partial charge on any atom is 0.294 e. The number of ether oxygens (including phenoxy) is 1. The summed E-state index contributed by atoms with van der Waals surface area (Å²) < 4.78 is 6.15. The standard InChI is InChI=1S/C14H21N3O/c15-6-12-7-16-14(17-12)18-13-10-2-8-1-9(4-10)5-11(13)3-8/h7-11,13H,1-6,15H2,(H,16,17). The minimum Gasteiger partial charge on any atom is -0.461 e. The lowest BCUT2D eigenvalue weighted by molar-refractivity contribution is -0.0819. The number of nitrogens with two attached hydrogens (primary N) is 1. The van der Waals surface area contributed by atoms with Crippen molar-refractivity contribution in [1.29, 1.82) is 0 Å². The quantitative estimate of drug-likeness (QED) is 0.859. The van der Waals surface area contributed by atoms with E-state index in [9.17, 15) is 0 Å². The molecule has 4 nitrogen and oxygen atoms in total. The van der Waals surface area contributed by atoms with Gasteiger partial charge < -0.3 is 15.5 Å². The second-order valence-electron chi connectivity index (χ2n) is 6.43. The van der Waals surface area contributed by atoms with Crippen LogP contribution in [0.5, 0.6) is 6.01 Å². The third-order valence-electron chi connectivity index (χ3n) is 5.21. The van der Waals surface area contributed by atoms with Crippen LogP contribution >= 0.6 is 0 Å². The van der Waals surface area contributed by atoms with Gasteiger partial charge in [0.1, 0.15) is 6.10 Å². The van der Waals surface area contributed by atoms with Gasteiger partial charge in [0, 0.05) is 6.54 Å². The monoisotopic (exact) mass is 247 g/mol. The van der Waals surface area contributed by atoms with Gasteiger partial charge >= 0.3 is 0 Å². The van der Waals surface area contributed by atoms with Gasteiger partial charge in [0.2, 0.25) is 0 Å². The lowest BCUT2D eigenvalue weighted by Crippen LogP contribution is -2.50. The second kappa shape index (κ2) is 3.98. The molecule has 18 heavy (non-hydrogen) atoms. The summed E-state index contributed by atoms with van der Waals surface area (Å²) in [4.78, 5) is 7.44. The largest absolute Gasteiger partial charge is 0.461 e. The Bertz CT molecular complexity index is 414. The van der Waals surface area contributed by atoms with Crippen molar-refractivity contribution in [3.8, 4) is 6.01 Å². The molecule has 0 atom stereocenters. The summed E-state index contributed by atoms with van der Waals surface area (Å²) in [7, 11) is 0. The van der Waals surface area contributed by atoms with E-state index in [2.05, 4.69) is 9.97 Å². The Hall–Kier alpha value is -1.03. The first-order valence-electron chi connectivity index (χ1n) is 7.22. The highest BCUT2D eigenvalue weighted by molar-refractivity contribution is 5.07. The Morgan fingerprint density at radius 2 is 1.83 bits per heavy atom. The Kier molecular flexibility index (Phi) is 2.40. The SMILES string of the molecule is NCc1cnc(OC2C3CC4CC(C3)CC2C4)[nH]1. The highest BCUT2D eigenvalue weighted by Crippen LogP contribution is 2.54. The molecule has 1 aromatic rings. The molecular weight excluding hydrogens is 226 g/mol. The molecule has 1 aromatic heterocycles. The molecule has 5 rings (SSSR count). The fourth-order valence-corrected chi connectivity index (χ4v) is 4.70. The first-order valence-corrected chi connectivity index (χ1v) is 7.22. The van der Waals surface area contributed by atoms with E-state index in [1.165, 1.54) is 32.1 Å². The zero-order chi connectivity index (χ0) is 12.1. The summed E-state index contributed by atoms with van der Waals surface area (Å²) in [6.07, 6.45) is 9.17. The minimum atomic E-state index is 0.398. The molecule has 4 heteroatoms. The third-order valence-corrected chi connectivity index (χ3v) is 5.21. The number of nitrogens with zero attached hydrogens (tertiary/aromatic N) is 1. The van der Waals surface area contributed by atoms with Crippen LogP contribution in [0.25, 0.3) is 0 Å². The van der Waals surface area contributed by atoms with E-state index >= 15 is 0 Å². The topological polar surface area (TPSA) is 63.9 Å². The molecule has 0 radical (unpaired) electrons. The van der Waals surface area contributed by atoms with E-state index in [0.717, 1.165) is 29.4 Å². The number of aromatic nitrogens is 2. The molecule has 98 valence electrons. The van der Waals surface area contributed by atoms with Crippen molar-refractivity contribution >= 4 is 0 Å². The predicted octanol–water partition coefficient (Wildman–Crippen LogP) is 2.07. The van der Waals surface area contributed by atoms with Gasteiger partial charge in [0.25, 0.3) is 6.01 Å². The highest BCUT2D eigenvalue weighted by Gasteiger charge is 2.49. The van der Waals surface area contributed by atoms with Gasteiger partial charge in [-0.15, -0.1) is 0 Å². The van der Waals surface area contributed by atoms with E-state index in [1.807, 2.05) is 0 Å². The molecule has 0 aromatic carbocycles. The lowest BCUT2D eigenvalue weighted by Gasteiger charge is -2.53. The van der Waals surface area contributed by atoms with Crippen LogP contribution in [-0.4, -0.2) is 16.1 Å². The number of hydrogen-bond donors (Lipinski definition) is 2. The molecule has 4 fully saturated rings. The van der Waals surface area contributed by atoms with Crippen LogP contribution in [0.3, 0.4) is 0 Å². The van der Waals surface area contributed by atoms with E-state index in [-0.39, 0.29) is 0 Å². The molecule has 4 bridgehead atoms. The van der Waals surface area contributed by atoms with Gasteiger partial charge in [-0.2, -0.15) is 0 Å². The summed E-state index contributed by atoms with van der Waals surface area (Å²) in [6.45, 7) is 0.498. The predicted molar refractivity (Wildman–Crippen MR) is 67.9 cm³/mol. The maximum atomic E-state index is 6.15. The van der Waals surface area contributed by atoms with Crippen molar-refractivity contribution in [2.45, 2.75) is 44.8 Å². The Morgan fingerprint density at radius 3 is 2.39 bits per heavy atom. The van der Waals surface area contributed by atoms with Crippen LogP contribution in [-0.2, 0) is 6.54 Å². The lowest BCUT2D eigenvalue weighted by atomic mass is 9.55. The number of nitrogens with one attached hydrogen (secondary N) is 1. The van der Waals surface area contributed by atoms with Gasteiger partial charge in [-0.25, -0.2) is 4.98 Å². The molecule has 0 aliphatic heterocycles. The third kappa shape index (κ3) is 1.66. The summed E-state index contributed by atoms with van der Waals surface area (Å²) in [5, 5.41) is 0. The van der Waals surface area contributed by atoms with Crippen molar-refractivity contribution in [1.82, 2.24) is 9.97 Å². The van der Waals surface area contributed by atoms with Crippen molar-refractivity contribution < 1.29 is 4.74 Å². The number of aromatic amines is 1. The van der Waals surface area contributed by atoms with Crippen LogP contribution < -0.4 is 10.5 Å². The second-order valence-corrected chi connectivity index (χ2v) is 6.43. The van der Waals surface area contributed by atoms with Gasteiger partial charge in [0.05, 0.1) is 11.9 Å². The van der Waals surface area contributed by atoms with Crippen LogP contribution in [0.4, 0.5) is 0 Å². The smallest absolute Gasteiger partial charge is 0.294 e. The highest BCUT2D eigenvalue weighted by atomic mass is 16.5. The van der Waals surface area contributed by atoms with E-state index in [4.69, 9.17) is 10.5 Å². The molecule has 4 aliphatic carbocycles. The van der Waals surface area contributed by atoms with Gasteiger partial charge in [-0.05, 0) is 55.8 Å². The van der Waals surface area contributed by atoms with Crippen LogP contribution in [0.2, 0.25) is 0 Å². The molecule has 4 aliphatic rings. The minimum absolute atomic E-state index is 0.398. The Labute approximate surface area is 107 Å². The Balaban J connectivity index is 1.51. The first kappa shape index (κ1) is 10.9. The first-order chi connectivity index (χ1) is 8.81. The average Bonchev–Trinajstić information content (AvgIpc) is 2.80. The van der Waals surface area contributed by atoms with Crippen molar-refractivity contribution in [3.63, 3.8) is 0 Å². The maximum absolute atomic E-state index is 6.15. The molecular formula is C14H21N3O. The molecule has 0 unspecified atom stereocenters. The molecule has 0 amide bonds. The van der Waals surface area contributed by atoms with Crippen molar-refractivity contribution in [2.75, 3.05) is 0 Å². The summed E-state index contributed by atoms with van der Waals surface area (Å²) in [5.74, 6) is 3.52. The normalized spacial score (nSPS) is 41.3. The molecule has 0 saturated heterocycles. The average molecular weight is 247 g/mol. The van der Waals surface area contributed by atoms with Gasteiger partial charge in [0.15, 0.2) is 0 Å². The fraction of sp³-hybridized carbons (Fsp3) is 0.786. The summed E-state index contributed by atoms with van der Waals surface area (Å²) in [5.41, 5.74) is 6.54. The zero-order valence-electron chi connectivity index (χ0n) is 10.6.